The van der Waals surface area contributed by atoms with Crippen molar-refractivity contribution in [2.45, 2.75) is 18.1 Å². The van der Waals surface area contributed by atoms with Crippen LogP contribution >= 0.6 is 23.9 Å². The molecule has 1 heterocycles. The van der Waals surface area contributed by atoms with Gasteiger partial charge in [0.2, 0.25) is 0 Å². The summed E-state index contributed by atoms with van der Waals surface area (Å²) in [7, 11) is -1.74. The largest absolute Gasteiger partial charge is 0.271 e. The van der Waals surface area contributed by atoms with E-state index in [4.69, 9.17) is 0 Å². The first-order valence-electron chi connectivity index (χ1n) is 15.8. The first kappa shape index (κ1) is 30.2. The van der Waals surface area contributed by atoms with Gasteiger partial charge in [-0.1, -0.05) is 182 Å². The number of nitrogens with zero attached hydrogens (tertiary/aromatic N) is 1. The number of benzene rings is 6. The molecule has 2 atom stereocenters. The highest BCUT2D eigenvalue weighted by atomic mass is 31.1. The first-order valence-corrected chi connectivity index (χ1v) is 20.0. The van der Waals surface area contributed by atoms with Crippen LogP contribution in [0, 0.1) is 0 Å². The summed E-state index contributed by atoms with van der Waals surface area (Å²) in [5.41, 5.74) is 0.565. The lowest BCUT2D eigenvalue weighted by molar-refractivity contribution is 0.463. The Morgan fingerprint density at radius 3 is 1.13 bits per heavy atom. The summed E-state index contributed by atoms with van der Waals surface area (Å²) in [5, 5.41) is 8.80. The summed E-state index contributed by atoms with van der Waals surface area (Å²) < 4.78 is 2.95. The monoisotopic (exact) mass is 637 g/mol. The highest BCUT2D eigenvalue weighted by Gasteiger charge is 2.42. The molecule has 0 unspecified atom stereocenters. The Balaban J connectivity index is 1.34. The van der Waals surface area contributed by atoms with Crippen molar-refractivity contribution >= 4 is 55.7 Å². The van der Waals surface area contributed by atoms with Crippen LogP contribution in [0.1, 0.15) is 6.42 Å². The fourth-order valence-corrected chi connectivity index (χ4v) is 15.0. The van der Waals surface area contributed by atoms with E-state index in [-0.39, 0.29) is 0 Å². The molecule has 1 fully saturated rings. The second-order valence-electron chi connectivity index (χ2n) is 11.5. The van der Waals surface area contributed by atoms with Crippen LogP contribution in [0.25, 0.3) is 0 Å². The van der Waals surface area contributed by atoms with E-state index in [0.717, 1.165) is 12.7 Å². The van der Waals surface area contributed by atoms with E-state index in [1.165, 1.54) is 38.2 Å². The van der Waals surface area contributed by atoms with Gasteiger partial charge in [-0.05, 0) is 60.3 Å². The average molecular weight is 638 g/mol. The van der Waals surface area contributed by atoms with Gasteiger partial charge < -0.3 is 0 Å². The Morgan fingerprint density at radius 2 is 0.756 bits per heavy atom. The summed E-state index contributed by atoms with van der Waals surface area (Å²) in [6, 6.07) is 68.4. The molecule has 0 aromatic heterocycles. The van der Waals surface area contributed by atoms with Crippen molar-refractivity contribution in [3.8, 4) is 0 Å². The lowest BCUT2D eigenvalue weighted by Crippen LogP contribution is -2.36. The molecule has 1 saturated heterocycles. The van der Waals surface area contributed by atoms with Gasteiger partial charge in [0.1, 0.15) is 0 Å². The fourth-order valence-electron chi connectivity index (χ4n) is 6.59. The van der Waals surface area contributed by atoms with Gasteiger partial charge in [0.15, 0.2) is 0 Å². The molecule has 0 N–H and O–H groups in total. The van der Waals surface area contributed by atoms with Gasteiger partial charge in [0, 0.05) is 26.3 Å². The second-order valence-corrected chi connectivity index (χ2v) is 18.4. The molecule has 45 heavy (non-hydrogen) atoms. The molecule has 7 rings (SSSR count). The predicted molar refractivity (Wildman–Crippen MR) is 201 cm³/mol. The van der Waals surface area contributed by atoms with Crippen molar-refractivity contribution in [2.24, 2.45) is 0 Å². The van der Waals surface area contributed by atoms with E-state index in [9.17, 15) is 0 Å². The van der Waals surface area contributed by atoms with Crippen LogP contribution in [0.4, 0.5) is 0 Å². The van der Waals surface area contributed by atoms with Crippen molar-refractivity contribution in [1.82, 2.24) is 4.67 Å². The normalized spacial score (nSPS) is 16.9. The maximum absolute atomic E-state index is 2.95. The van der Waals surface area contributed by atoms with Crippen molar-refractivity contribution in [2.75, 3.05) is 12.7 Å². The standard InChI is InChI=1S/C41H38NP3/c1-7-19-35(20-8-1)43(36-21-9-2-10-22-36)33-34-31-41(44(37-23-11-3-12-24-37)38-25-13-4-14-26-38)32-42(34)45(39-27-15-5-16-28-39)40-29-17-6-18-30-40/h1-30,34,41H,31-33H2/t34-,41-/m0/s1. The van der Waals surface area contributed by atoms with Gasteiger partial charge in [-0.25, -0.2) is 0 Å². The summed E-state index contributed by atoms with van der Waals surface area (Å²) >= 11 is 0. The molecule has 4 heteroatoms. The molecule has 6 aromatic carbocycles. The lowest BCUT2D eigenvalue weighted by atomic mass is 10.2. The maximum Gasteiger partial charge on any atom is 0.0284 e. The van der Waals surface area contributed by atoms with Crippen LogP contribution in [0.3, 0.4) is 0 Å². The summed E-state index contributed by atoms with van der Waals surface area (Å²) in [6.45, 7) is 1.10. The smallest absolute Gasteiger partial charge is 0.0284 e. The van der Waals surface area contributed by atoms with Crippen LogP contribution < -0.4 is 31.8 Å². The van der Waals surface area contributed by atoms with Crippen molar-refractivity contribution < 1.29 is 0 Å². The van der Waals surface area contributed by atoms with E-state index in [0.29, 0.717) is 11.7 Å². The third-order valence-corrected chi connectivity index (χ3v) is 16.6. The van der Waals surface area contributed by atoms with Crippen molar-refractivity contribution in [3.05, 3.63) is 182 Å². The molecule has 0 spiro atoms. The number of hydrogen-bond acceptors (Lipinski definition) is 1. The predicted octanol–water partition coefficient (Wildman–Crippen LogP) is 7.74. The highest BCUT2D eigenvalue weighted by molar-refractivity contribution is 7.74. The molecule has 0 bridgehead atoms. The maximum atomic E-state index is 2.95. The van der Waals surface area contributed by atoms with Gasteiger partial charge >= 0.3 is 0 Å². The van der Waals surface area contributed by atoms with Gasteiger partial charge in [-0.15, -0.1) is 0 Å². The SMILES string of the molecule is c1ccc(P(C[C@@H]2C[C@H](P(c3ccccc3)c3ccccc3)CN2P(c2ccccc2)c2ccccc2)c2ccccc2)cc1. The van der Waals surface area contributed by atoms with E-state index >= 15 is 0 Å². The lowest BCUT2D eigenvalue weighted by Gasteiger charge is -2.36. The molecular formula is C41H38NP3. The first-order chi connectivity index (χ1) is 22.3. The molecule has 1 aliphatic heterocycles. The van der Waals surface area contributed by atoms with Crippen LogP contribution in [0.15, 0.2) is 182 Å². The second kappa shape index (κ2) is 14.8. The zero-order valence-corrected chi connectivity index (χ0v) is 28.1. The van der Waals surface area contributed by atoms with Crippen LogP contribution in [0.5, 0.6) is 0 Å². The molecule has 1 nitrogen and oxygen atoms in total. The van der Waals surface area contributed by atoms with E-state index in [1.807, 2.05) is 0 Å². The Labute approximate surface area is 272 Å². The third-order valence-electron chi connectivity index (χ3n) is 8.58. The zero-order valence-electron chi connectivity index (χ0n) is 25.4. The molecule has 6 aromatic rings. The third kappa shape index (κ3) is 7.04. The average Bonchev–Trinajstić information content (AvgIpc) is 3.52. The Kier molecular flexibility index (Phi) is 9.93. The minimum absolute atomic E-state index is 0.463. The molecule has 0 saturated carbocycles. The fraction of sp³-hybridized carbons (Fsp3) is 0.122. The molecule has 1 aliphatic rings. The van der Waals surface area contributed by atoms with Crippen molar-refractivity contribution in [3.63, 3.8) is 0 Å². The minimum atomic E-state index is -0.695. The Hall–Kier alpha value is -3.43. The van der Waals surface area contributed by atoms with Gasteiger partial charge in [-0.3, -0.25) is 4.67 Å². The minimum Gasteiger partial charge on any atom is -0.271 e. The van der Waals surface area contributed by atoms with Gasteiger partial charge in [0.05, 0.1) is 0 Å². The molecule has 222 valence electrons. The van der Waals surface area contributed by atoms with Crippen molar-refractivity contribution in [1.29, 1.82) is 0 Å². The Bertz CT molecular complexity index is 1620. The molecule has 0 amide bonds. The van der Waals surface area contributed by atoms with E-state index in [1.54, 1.807) is 0 Å². The van der Waals surface area contributed by atoms with Gasteiger partial charge in [0.25, 0.3) is 0 Å². The van der Waals surface area contributed by atoms with Crippen LogP contribution in [-0.2, 0) is 0 Å². The van der Waals surface area contributed by atoms with Gasteiger partial charge in [-0.2, -0.15) is 0 Å². The summed E-state index contributed by atoms with van der Waals surface area (Å²) in [4.78, 5) is 0. The molecular weight excluding hydrogens is 599 g/mol. The zero-order chi connectivity index (χ0) is 30.3. The van der Waals surface area contributed by atoms with Crippen LogP contribution in [-0.4, -0.2) is 29.1 Å². The Morgan fingerprint density at radius 1 is 0.422 bits per heavy atom. The van der Waals surface area contributed by atoms with E-state index < -0.39 is 23.9 Å². The summed E-state index contributed by atoms with van der Waals surface area (Å²) in [5.74, 6) is 0. The summed E-state index contributed by atoms with van der Waals surface area (Å²) in [6.07, 6.45) is 2.36. The topological polar surface area (TPSA) is 3.24 Å². The van der Waals surface area contributed by atoms with E-state index in [2.05, 4.69) is 187 Å². The van der Waals surface area contributed by atoms with Crippen LogP contribution in [0.2, 0.25) is 0 Å². The molecule has 0 aliphatic carbocycles. The molecule has 0 radical (unpaired) electrons. The number of rotatable bonds is 10. The quantitative estimate of drug-likeness (QED) is 0.139. The highest BCUT2D eigenvalue weighted by Crippen LogP contribution is 2.54. The number of hydrogen-bond donors (Lipinski definition) is 0.